The van der Waals surface area contributed by atoms with E-state index in [4.69, 9.17) is 10.5 Å². The van der Waals surface area contributed by atoms with E-state index in [2.05, 4.69) is 20.7 Å². The van der Waals surface area contributed by atoms with Crippen molar-refractivity contribution in [3.8, 4) is 5.75 Å². The van der Waals surface area contributed by atoms with Crippen molar-refractivity contribution in [2.45, 2.75) is 71.5 Å². The number of rotatable bonds is 12. The molecule has 2 aromatic heterocycles. The number of methoxy groups -OCH3 is 1. The number of imidazole rings is 1. The lowest BCUT2D eigenvalue weighted by Gasteiger charge is -2.34. The third-order valence-corrected chi connectivity index (χ3v) is 7.42. The molecule has 41 heavy (non-hydrogen) atoms. The van der Waals surface area contributed by atoms with Crippen molar-refractivity contribution in [2.75, 3.05) is 32.1 Å². The number of aryl methyl sites for hydroxylation is 3. The minimum Gasteiger partial charge on any atom is -0.494 e. The second-order valence-electron chi connectivity index (χ2n) is 10.2. The number of benzene rings is 1. The fraction of sp³-hybridized carbons (Fsp3) is 0.536. The SMILES string of the molecule is CCn1nc(C)cc1C(=O)Nc1nc2cc(C(N)=O)cc(OC)c2n1CCCNC(=O)N(CCO)C1CCCCC1. The van der Waals surface area contributed by atoms with Gasteiger partial charge in [0.2, 0.25) is 11.9 Å². The molecule has 4 amide bonds. The Labute approximate surface area is 239 Å². The summed E-state index contributed by atoms with van der Waals surface area (Å²) in [6.07, 6.45) is 5.75. The van der Waals surface area contributed by atoms with E-state index in [0.29, 0.717) is 55.1 Å². The number of primary amides is 1. The predicted octanol–water partition coefficient (Wildman–Crippen LogP) is 2.65. The van der Waals surface area contributed by atoms with Crippen LogP contribution in [0.1, 0.15) is 72.0 Å². The van der Waals surface area contributed by atoms with Crippen LogP contribution in [-0.2, 0) is 13.1 Å². The highest BCUT2D eigenvalue weighted by Gasteiger charge is 2.25. The van der Waals surface area contributed by atoms with E-state index in [0.717, 1.165) is 31.4 Å². The minimum atomic E-state index is -0.624. The smallest absolute Gasteiger partial charge is 0.317 e. The van der Waals surface area contributed by atoms with E-state index < -0.39 is 5.91 Å². The lowest BCUT2D eigenvalue weighted by atomic mass is 9.94. The highest BCUT2D eigenvalue weighted by Crippen LogP contribution is 2.31. The zero-order valence-electron chi connectivity index (χ0n) is 24.0. The normalized spacial score (nSPS) is 13.8. The largest absolute Gasteiger partial charge is 0.494 e. The molecule has 0 radical (unpaired) electrons. The van der Waals surface area contributed by atoms with Crippen molar-refractivity contribution in [2.24, 2.45) is 5.73 Å². The van der Waals surface area contributed by atoms with Gasteiger partial charge in [0.15, 0.2) is 0 Å². The first-order valence-corrected chi connectivity index (χ1v) is 14.2. The summed E-state index contributed by atoms with van der Waals surface area (Å²) in [6.45, 7) is 5.20. The van der Waals surface area contributed by atoms with Crippen LogP contribution in [0.3, 0.4) is 0 Å². The van der Waals surface area contributed by atoms with Crippen molar-refractivity contribution in [3.05, 3.63) is 35.2 Å². The van der Waals surface area contributed by atoms with Gasteiger partial charge in [-0.25, -0.2) is 9.78 Å². The number of aliphatic hydroxyl groups excluding tert-OH is 1. The van der Waals surface area contributed by atoms with Crippen molar-refractivity contribution in [1.29, 1.82) is 0 Å². The molecule has 222 valence electrons. The Morgan fingerprint density at radius 1 is 1.20 bits per heavy atom. The number of hydrogen-bond donors (Lipinski definition) is 4. The van der Waals surface area contributed by atoms with E-state index in [1.165, 1.54) is 13.5 Å². The molecule has 2 heterocycles. The molecular formula is C28H40N8O5. The van der Waals surface area contributed by atoms with Crippen molar-refractivity contribution in [1.82, 2.24) is 29.5 Å². The summed E-state index contributed by atoms with van der Waals surface area (Å²) < 4.78 is 8.99. The lowest BCUT2D eigenvalue weighted by molar-refractivity contribution is 0.0995. The number of amides is 4. The van der Waals surface area contributed by atoms with E-state index in [-0.39, 0.29) is 36.1 Å². The van der Waals surface area contributed by atoms with Gasteiger partial charge < -0.3 is 30.4 Å². The van der Waals surface area contributed by atoms with Crippen molar-refractivity contribution >= 4 is 34.8 Å². The van der Waals surface area contributed by atoms with Crippen LogP contribution in [0.2, 0.25) is 0 Å². The van der Waals surface area contributed by atoms with Crippen LogP contribution in [0.15, 0.2) is 18.2 Å². The van der Waals surface area contributed by atoms with Gasteiger partial charge in [0.25, 0.3) is 5.91 Å². The molecule has 1 aliphatic carbocycles. The van der Waals surface area contributed by atoms with Gasteiger partial charge in [0.1, 0.15) is 17.0 Å². The molecule has 1 aromatic carbocycles. The first kappa shape index (κ1) is 29.8. The van der Waals surface area contributed by atoms with Gasteiger partial charge in [0.05, 0.1) is 24.9 Å². The van der Waals surface area contributed by atoms with Crippen molar-refractivity contribution < 1.29 is 24.2 Å². The van der Waals surface area contributed by atoms with Gasteiger partial charge in [-0.15, -0.1) is 0 Å². The summed E-state index contributed by atoms with van der Waals surface area (Å²) in [7, 11) is 1.49. The monoisotopic (exact) mass is 568 g/mol. The van der Waals surface area contributed by atoms with E-state index in [9.17, 15) is 19.5 Å². The Morgan fingerprint density at radius 2 is 1.95 bits per heavy atom. The summed E-state index contributed by atoms with van der Waals surface area (Å²) in [5.74, 6) is -0.352. The highest BCUT2D eigenvalue weighted by atomic mass is 16.5. The molecule has 0 aliphatic heterocycles. The molecule has 4 rings (SSSR count). The van der Waals surface area contributed by atoms with E-state index >= 15 is 0 Å². The van der Waals surface area contributed by atoms with Crippen LogP contribution in [0.5, 0.6) is 5.75 Å². The van der Waals surface area contributed by atoms with Gasteiger partial charge in [-0.2, -0.15) is 5.10 Å². The lowest BCUT2D eigenvalue weighted by Crippen LogP contribution is -2.48. The molecule has 5 N–H and O–H groups in total. The maximum atomic E-state index is 13.3. The first-order valence-electron chi connectivity index (χ1n) is 14.2. The Kier molecular flexibility index (Phi) is 9.82. The number of ether oxygens (including phenoxy) is 1. The number of aromatic nitrogens is 4. The van der Waals surface area contributed by atoms with Gasteiger partial charge in [-0.3, -0.25) is 19.6 Å². The van der Waals surface area contributed by atoms with Crippen LogP contribution in [0.4, 0.5) is 10.7 Å². The minimum absolute atomic E-state index is 0.0858. The number of carbonyl (C=O) groups excluding carboxylic acids is 3. The molecule has 0 unspecified atom stereocenters. The number of nitrogens with zero attached hydrogens (tertiary/aromatic N) is 5. The molecule has 3 aromatic rings. The van der Waals surface area contributed by atoms with Crippen molar-refractivity contribution in [3.63, 3.8) is 0 Å². The van der Waals surface area contributed by atoms with Crippen LogP contribution in [0, 0.1) is 6.92 Å². The number of aliphatic hydroxyl groups is 1. The average molecular weight is 569 g/mol. The maximum Gasteiger partial charge on any atom is 0.317 e. The van der Waals surface area contributed by atoms with Crippen LogP contribution in [-0.4, -0.2) is 80.0 Å². The fourth-order valence-corrected chi connectivity index (χ4v) is 5.46. The number of nitrogens with two attached hydrogens (primary N) is 1. The summed E-state index contributed by atoms with van der Waals surface area (Å²) in [5, 5.41) is 19.7. The van der Waals surface area contributed by atoms with Gasteiger partial charge in [0, 0.05) is 37.8 Å². The predicted molar refractivity (Wildman–Crippen MR) is 154 cm³/mol. The molecule has 0 bridgehead atoms. The van der Waals surface area contributed by atoms with E-state index in [1.54, 1.807) is 32.3 Å². The summed E-state index contributed by atoms with van der Waals surface area (Å²) in [5.41, 5.74) is 7.89. The Morgan fingerprint density at radius 3 is 2.61 bits per heavy atom. The standard InChI is InChI=1S/C28H40N8O5/c1-4-36-22(15-18(2)33-36)26(39)32-27-31-21-16-19(25(29)38)17-23(41-3)24(21)35(27)12-8-11-30-28(40)34(13-14-37)20-9-6-5-7-10-20/h15-17,20,37H,4-14H2,1-3H3,(H2,29,38)(H,30,40)(H,31,32,39). The summed E-state index contributed by atoms with van der Waals surface area (Å²) in [6, 6.07) is 4.76. The quantitative estimate of drug-likeness (QED) is 0.243. The second kappa shape index (κ2) is 13.5. The van der Waals surface area contributed by atoms with Crippen LogP contribution < -0.4 is 21.1 Å². The number of anilines is 1. The van der Waals surface area contributed by atoms with Gasteiger partial charge >= 0.3 is 6.03 Å². The average Bonchev–Trinajstić information content (AvgIpc) is 3.53. The number of fused-ring (bicyclic) bond motifs is 1. The molecule has 13 heteroatoms. The number of urea groups is 1. The molecule has 1 saturated carbocycles. The van der Waals surface area contributed by atoms with E-state index in [1.807, 2.05) is 13.8 Å². The summed E-state index contributed by atoms with van der Waals surface area (Å²) in [4.78, 5) is 44.5. The molecule has 1 aliphatic rings. The molecular weight excluding hydrogens is 528 g/mol. The number of nitrogens with one attached hydrogen (secondary N) is 2. The maximum absolute atomic E-state index is 13.3. The van der Waals surface area contributed by atoms with Gasteiger partial charge in [-0.05, 0) is 51.3 Å². The molecule has 0 saturated heterocycles. The highest BCUT2D eigenvalue weighted by molar-refractivity contribution is 6.04. The zero-order valence-corrected chi connectivity index (χ0v) is 24.0. The molecule has 13 nitrogen and oxygen atoms in total. The Balaban J connectivity index is 1.56. The second-order valence-corrected chi connectivity index (χ2v) is 10.2. The topological polar surface area (TPSA) is 170 Å². The third-order valence-electron chi connectivity index (χ3n) is 7.42. The van der Waals surface area contributed by atoms with Gasteiger partial charge in [-0.1, -0.05) is 19.3 Å². The van der Waals surface area contributed by atoms with Crippen LogP contribution >= 0.6 is 0 Å². The zero-order chi connectivity index (χ0) is 29.5. The fourth-order valence-electron chi connectivity index (χ4n) is 5.46. The number of carbonyl (C=O) groups is 3. The molecule has 0 atom stereocenters. The number of hydrogen-bond acceptors (Lipinski definition) is 7. The Hall–Kier alpha value is -4.13. The molecule has 0 spiro atoms. The first-order chi connectivity index (χ1) is 19.8. The summed E-state index contributed by atoms with van der Waals surface area (Å²) >= 11 is 0. The third kappa shape index (κ3) is 6.79. The molecule has 1 fully saturated rings. The van der Waals surface area contributed by atoms with Crippen LogP contribution in [0.25, 0.3) is 11.0 Å². The Bertz CT molecular complexity index is 1390.